The third-order valence-corrected chi connectivity index (χ3v) is 5.21. The largest absolute Gasteiger partial charge is 0.327 e. The van der Waals surface area contributed by atoms with Crippen molar-refractivity contribution < 1.29 is 0 Å². The van der Waals surface area contributed by atoms with Crippen molar-refractivity contribution in [1.29, 1.82) is 0 Å². The summed E-state index contributed by atoms with van der Waals surface area (Å²) in [6.07, 6.45) is 9.65. The molecule has 0 aromatic carbocycles. The molecule has 0 saturated heterocycles. The van der Waals surface area contributed by atoms with E-state index in [0.29, 0.717) is 6.04 Å². The molecule has 2 rings (SSSR count). The lowest BCUT2D eigenvalue weighted by molar-refractivity contribution is 0.114. The van der Waals surface area contributed by atoms with Crippen LogP contribution in [0.5, 0.6) is 0 Å². The highest BCUT2D eigenvalue weighted by Gasteiger charge is 2.31. The van der Waals surface area contributed by atoms with Gasteiger partial charge in [0, 0.05) is 25.2 Å². The Morgan fingerprint density at radius 1 is 1.11 bits per heavy atom. The summed E-state index contributed by atoms with van der Waals surface area (Å²) in [4.78, 5) is 2.79. The van der Waals surface area contributed by atoms with Crippen LogP contribution >= 0.6 is 0 Å². The lowest BCUT2D eigenvalue weighted by Crippen LogP contribution is -2.46. The van der Waals surface area contributed by atoms with Crippen LogP contribution in [0.2, 0.25) is 0 Å². The van der Waals surface area contributed by atoms with Crippen molar-refractivity contribution in [1.82, 2.24) is 4.90 Å². The molecule has 2 fully saturated rings. The molecule has 2 heteroatoms. The first kappa shape index (κ1) is 15.3. The molecule has 0 aromatic heterocycles. The minimum Gasteiger partial charge on any atom is -0.327 e. The molecule has 2 aliphatic carbocycles. The highest BCUT2D eigenvalue weighted by molar-refractivity contribution is 4.86. The summed E-state index contributed by atoms with van der Waals surface area (Å²) in [5, 5.41) is 0. The molecule has 0 aliphatic heterocycles. The zero-order chi connectivity index (χ0) is 13.8. The van der Waals surface area contributed by atoms with Crippen LogP contribution in [0, 0.1) is 17.8 Å². The van der Waals surface area contributed by atoms with Gasteiger partial charge in [0.2, 0.25) is 0 Å². The molecule has 2 aliphatic rings. The number of rotatable bonds is 5. The van der Waals surface area contributed by atoms with Gasteiger partial charge in [0.05, 0.1) is 0 Å². The Hall–Kier alpha value is -0.0800. The topological polar surface area (TPSA) is 29.3 Å². The van der Waals surface area contributed by atoms with Gasteiger partial charge in [-0.25, -0.2) is 0 Å². The maximum absolute atomic E-state index is 6.39. The van der Waals surface area contributed by atoms with Crippen molar-refractivity contribution in [2.24, 2.45) is 23.5 Å². The van der Waals surface area contributed by atoms with Gasteiger partial charge in [0.1, 0.15) is 0 Å². The van der Waals surface area contributed by atoms with Crippen LogP contribution < -0.4 is 5.73 Å². The molecule has 0 aromatic rings. The second-order valence-electron chi connectivity index (χ2n) is 7.63. The molecule has 0 radical (unpaired) electrons. The molecular formula is C17H34N2. The smallest absolute Gasteiger partial charge is 0.00954 e. The Labute approximate surface area is 120 Å². The molecule has 19 heavy (non-hydrogen) atoms. The van der Waals surface area contributed by atoms with Gasteiger partial charge in [0.15, 0.2) is 0 Å². The van der Waals surface area contributed by atoms with Gasteiger partial charge < -0.3 is 5.73 Å². The van der Waals surface area contributed by atoms with Crippen LogP contribution in [-0.2, 0) is 0 Å². The van der Waals surface area contributed by atoms with Crippen molar-refractivity contribution in [3.05, 3.63) is 0 Å². The van der Waals surface area contributed by atoms with Crippen LogP contribution in [0.25, 0.3) is 0 Å². The van der Waals surface area contributed by atoms with E-state index >= 15 is 0 Å². The summed E-state index contributed by atoms with van der Waals surface area (Å²) in [5.74, 6) is 2.40. The molecule has 0 spiro atoms. The van der Waals surface area contributed by atoms with Gasteiger partial charge in [-0.1, -0.05) is 33.6 Å². The summed E-state index contributed by atoms with van der Waals surface area (Å²) in [6, 6.07) is 1.30. The zero-order valence-corrected chi connectivity index (χ0v) is 13.3. The van der Waals surface area contributed by atoms with Gasteiger partial charge in [-0.15, -0.1) is 0 Å². The second-order valence-corrected chi connectivity index (χ2v) is 7.63. The molecular weight excluding hydrogens is 232 g/mol. The Balaban J connectivity index is 1.93. The van der Waals surface area contributed by atoms with Crippen molar-refractivity contribution in [2.75, 3.05) is 13.1 Å². The monoisotopic (exact) mass is 266 g/mol. The highest BCUT2D eigenvalue weighted by Crippen LogP contribution is 2.31. The molecule has 0 amide bonds. The van der Waals surface area contributed by atoms with Crippen LogP contribution in [0.1, 0.15) is 65.7 Å². The zero-order valence-electron chi connectivity index (χ0n) is 13.3. The quantitative estimate of drug-likeness (QED) is 0.823. The standard InChI is InChI=1S/C17H34N2/c1-13(2)11-19(16-6-4-5-7-16)12-15-10-14(3)8-9-17(15)18/h13-17H,4-12,18H2,1-3H3. The molecule has 0 heterocycles. The molecule has 2 nitrogen and oxygen atoms in total. The fraction of sp³-hybridized carbons (Fsp3) is 1.00. The number of nitrogens with two attached hydrogens (primary N) is 1. The molecule has 3 unspecified atom stereocenters. The van der Waals surface area contributed by atoms with Crippen molar-refractivity contribution in [2.45, 2.75) is 77.8 Å². The fourth-order valence-corrected chi connectivity index (χ4v) is 4.14. The summed E-state index contributed by atoms with van der Waals surface area (Å²) >= 11 is 0. The van der Waals surface area contributed by atoms with Crippen molar-refractivity contribution >= 4 is 0 Å². The first-order chi connectivity index (χ1) is 9.06. The van der Waals surface area contributed by atoms with Crippen LogP contribution in [0.15, 0.2) is 0 Å². The summed E-state index contributed by atoms with van der Waals surface area (Å²) in [7, 11) is 0. The maximum Gasteiger partial charge on any atom is 0.00954 e. The van der Waals surface area contributed by atoms with E-state index in [9.17, 15) is 0 Å². The van der Waals surface area contributed by atoms with Gasteiger partial charge in [-0.3, -0.25) is 4.90 Å². The number of hydrogen-bond acceptors (Lipinski definition) is 2. The second kappa shape index (κ2) is 7.08. The molecule has 112 valence electrons. The molecule has 0 bridgehead atoms. The average molecular weight is 266 g/mol. The number of nitrogens with zero attached hydrogens (tertiary/aromatic N) is 1. The Kier molecular flexibility index (Phi) is 5.70. The van der Waals surface area contributed by atoms with Crippen LogP contribution in [0.4, 0.5) is 0 Å². The van der Waals surface area contributed by atoms with Gasteiger partial charge in [-0.05, 0) is 49.9 Å². The molecule has 2 saturated carbocycles. The SMILES string of the molecule is CC(C)CN(CC1CC(C)CCC1N)C1CCCC1. The predicted molar refractivity (Wildman–Crippen MR) is 83.1 cm³/mol. The fourth-order valence-electron chi connectivity index (χ4n) is 4.14. The van der Waals surface area contributed by atoms with E-state index in [2.05, 4.69) is 25.7 Å². The van der Waals surface area contributed by atoms with Gasteiger partial charge in [0.25, 0.3) is 0 Å². The number of hydrogen-bond donors (Lipinski definition) is 1. The summed E-state index contributed by atoms with van der Waals surface area (Å²) < 4.78 is 0. The predicted octanol–water partition coefficient (Wildman–Crippen LogP) is 3.65. The highest BCUT2D eigenvalue weighted by atomic mass is 15.2. The van der Waals surface area contributed by atoms with E-state index in [-0.39, 0.29) is 0 Å². The minimum absolute atomic E-state index is 0.451. The van der Waals surface area contributed by atoms with E-state index in [1.165, 1.54) is 58.0 Å². The lowest BCUT2D eigenvalue weighted by Gasteiger charge is -2.39. The van der Waals surface area contributed by atoms with Gasteiger partial charge >= 0.3 is 0 Å². The molecule has 3 atom stereocenters. The van der Waals surface area contributed by atoms with Crippen molar-refractivity contribution in [3.8, 4) is 0 Å². The summed E-state index contributed by atoms with van der Waals surface area (Å²) in [5.41, 5.74) is 6.39. The summed E-state index contributed by atoms with van der Waals surface area (Å²) in [6.45, 7) is 9.63. The van der Waals surface area contributed by atoms with E-state index in [4.69, 9.17) is 5.73 Å². The third kappa shape index (κ3) is 4.46. The Morgan fingerprint density at radius 2 is 1.79 bits per heavy atom. The first-order valence-corrected chi connectivity index (χ1v) is 8.56. The Bertz CT molecular complexity index is 258. The van der Waals surface area contributed by atoms with E-state index < -0.39 is 0 Å². The average Bonchev–Trinajstić information content (AvgIpc) is 2.86. The minimum atomic E-state index is 0.451. The Morgan fingerprint density at radius 3 is 2.42 bits per heavy atom. The van der Waals surface area contributed by atoms with E-state index in [0.717, 1.165) is 23.8 Å². The van der Waals surface area contributed by atoms with Gasteiger partial charge in [-0.2, -0.15) is 0 Å². The maximum atomic E-state index is 6.39. The lowest BCUT2D eigenvalue weighted by atomic mass is 9.78. The van der Waals surface area contributed by atoms with Crippen molar-refractivity contribution in [3.63, 3.8) is 0 Å². The first-order valence-electron chi connectivity index (χ1n) is 8.56. The van der Waals surface area contributed by atoms with Crippen LogP contribution in [-0.4, -0.2) is 30.1 Å². The molecule has 2 N–H and O–H groups in total. The van der Waals surface area contributed by atoms with Crippen LogP contribution in [0.3, 0.4) is 0 Å². The normalized spacial score (nSPS) is 33.5. The van der Waals surface area contributed by atoms with E-state index in [1.807, 2.05) is 0 Å². The third-order valence-electron chi connectivity index (χ3n) is 5.21. The van der Waals surface area contributed by atoms with E-state index in [1.54, 1.807) is 0 Å².